The van der Waals surface area contributed by atoms with Gasteiger partial charge in [-0.3, -0.25) is 9.69 Å². The van der Waals surface area contributed by atoms with Crippen LogP contribution in [-0.4, -0.2) is 71.0 Å². The van der Waals surface area contributed by atoms with Crippen molar-refractivity contribution in [1.82, 2.24) is 9.80 Å². The maximum Gasteiger partial charge on any atom is 0.270 e. The monoisotopic (exact) mass is 522 g/mol. The first kappa shape index (κ1) is 26.3. The Labute approximate surface area is 217 Å². The lowest BCUT2D eigenvalue weighted by Crippen LogP contribution is -2.50. The normalized spacial score (nSPS) is 15.1. The highest BCUT2D eigenvalue weighted by atomic mass is 32.2. The molecule has 1 aromatic heterocycles. The lowest BCUT2D eigenvalue weighted by Gasteiger charge is -2.33. The Morgan fingerprint density at radius 1 is 1.00 bits per heavy atom. The molecule has 0 atom stereocenters. The van der Waals surface area contributed by atoms with Gasteiger partial charge in [0.1, 0.15) is 5.75 Å². The van der Waals surface area contributed by atoms with Gasteiger partial charge in [-0.2, -0.15) is 4.73 Å². The minimum Gasteiger partial charge on any atom is -0.619 e. The number of sulfonamides is 1. The molecule has 0 N–H and O–H groups in total. The number of ether oxygens (including phenoxy) is 1. The summed E-state index contributed by atoms with van der Waals surface area (Å²) in [5.74, 6) is -0.0202. The number of likely N-dealkylation sites (N-methyl/N-ethyl adjacent to an activating group) is 1. The molecule has 1 aliphatic heterocycles. The van der Waals surface area contributed by atoms with Crippen molar-refractivity contribution in [3.05, 3.63) is 89.4 Å². The summed E-state index contributed by atoms with van der Waals surface area (Å²) in [6, 6.07) is 16.1. The molecule has 2 aromatic carbocycles. The number of amides is 1. The van der Waals surface area contributed by atoms with Gasteiger partial charge in [-0.25, -0.2) is 12.7 Å². The van der Waals surface area contributed by atoms with Crippen molar-refractivity contribution in [2.24, 2.45) is 0 Å². The maximum atomic E-state index is 13.9. The second kappa shape index (κ2) is 11.5. The fourth-order valence-electron chi connectivity index (χ4n) is 4.05. The number of hydrogen-bond donors (Lipinski definition) is 0. The third-order valence-corrected chi connectivity index (χ3v) is 7.97. The molecule has 37 heavy (non-hydrogen) atoms. The molecule has 10 heteroatoms. The molecule has 9 nitrogen and oxygen atoms in total. The number of carbonyl (C=O) groups excluding carboxylic acids is 1. The van der Waals surface area contributed by atoms with Crippen molar-refractivity contribution < 1.29 is 22.7 Å². The molecule has 0 bridgehead atoms. The van der Waals surface area contributed by atoms with Gasteiger partial charge in [0.15, 0.2) is 12.4 Å². The Hall–Kier alpha value is -3.73. The molecule has 194 valence electrons. The fraction of sp³-hybridized carbons (Fsp3) is 0.259. The predicted octanol–water partition coefficient (Wildman–Crippen LogP) is 2.47. The average Bonchev–Trinajstić information content (AvgIpc) is 2.90. The number of nitrogens with zero attached hydrogens (tertiary/aromatic N) is 4. The Balaban J connectivity index is 1.73. The van der Waals surface area contributed by atoms with Crippen LogP contribution in [0.5, 0.6) is 5.75 Å². The number of carbonyl (C=O) groups is 1. The van der Waals surface area contributed by atoms with E-state index >= 15 is 0 Å². The Kier molecular flexibility index (Phi) is 8.22. The van der Waals surface area contributed by atoms with E-state index in [-0.39, 0.29) is 17.1 Å². The number of rotatable bonds is 8. The van der Waals surface area contributed by atoms with Gasteiger partial charge in [0.25, 0.3) is 15.9 Å². The van der Waals surface area contributed by atoms with E-state index in [1.807, 2.05) is 11.9 Å². The Morgan fingerprint density at radius 3 is 2.30 bits per heavy atom. The summed E-state index contributed by atoms with van der Waals surface area (Å²) < 4.78 is 34.6. The molecule has 2 heterocycles. The summed E-state index contributed by atoms with van der Waals surface area (Å²) in [6.45, 7) is 2.93. The van der Waals surface area contributed by atoms with Gasteiger partial charge in [0.05, 0.1) is 24.2 Å². The zero-order valence-electron chi connectivity index (χ0n) is 20.9. The largest absolute Gasteiger partial charge is 0.619 e. The summed E-state index contributed by atoms with van der Waals surface area (Å²) in [5.41, 5.74) is 1.56. The highest BCUT2D eigenvalue weighted by Crippen LogP contribution is 2.30. The van der Waals surface area contributed by atoms with E-state index in [2.05, 4.69) is 4.90 Å². The molecule has 0 spiro atoms. The zero-order chi connectivity index (χ0) is 26.4. The van der Waals surface area contributed by atoms with E-state index in [0.29, 0.717) is 29.1 Å². The highest BCUT2D eigenvalue weighted by Gasteiger charge is 2.33. The number of methoxy groups -OCH3 is 1. The van der Waals surface area contributed by atoms with Crippen LogP contribution in [0.3, 0.4) is 0 Å². The number of hydrogen-bond acceptors (Lipinski definition) is 7. The van der Waals surface area contributed by atoms with Crippen molar-refractivity contribution in [2.75, 3.05) is 51.2 Å². The van der Waals surface area contributed by atoms with Crippen LogP contribution in [-0.2, 0) is 14.8 Å². The number of anilines is 1. The first-order valence-corrected chi connectivity index (χ1v) is 13.3. The second-order valence-electron chi connectivity index (χ2n) is 8.80. The van der Waals surface area contributed by atoms with Crippen LogP contribution in [0.15, 0.2) is 78.0 Å². The molecule has 1 saturated heterocycles. The van der Waals surface area contributed by atoms with E-state index < -0.39 is 15.9 Å². The first-order chi connectivity index (χ1) is 17.8. The summed E-state index contributed by atoms with van der Waals surface area (Å²) >= 11 is 0. The van der Waals surface area contributed by atoms with Crippen LogP contribution in [0.1, 0.15) is 11.1 Å². The number of pyridine rings is 1. The van der Waals surface area contributed by atoms with Gasteiger partial charge >= 0.3 is 0 Å². The van der Waals surface area contributed by atoms with E-state index in [4.69, 9.17) is 4.74 Å². The van der Waals surface area contributed by atoms with E-state index in [0.717, 1.165) is 23.0 Å². The van der Waals surface area contributed by atoms with E-state index in [1.54, 1.807) is 60.7 Å². The zero-order valence-corrected chi connectivity index (χ0v) is 21.7. The molecule has 1 aliphatic rings. The number of aromatic nitrogens is 1. The van der Waals surface area contributed by atoms with Crippen molar-refractivity contribution in [3.8, 4) is 5.75 Å². The number of para-hydroxylation sites is 1. The molecule has 1 amide bonds. The first-order valence-electron chi connectivity index (χ1n) is 11.9. The second-order valence-corrected chi connectivity index (χ2v) is 10.6. The van der Waals surface area contributed by atoms with E-state index in [1.165, 1.54) is 31.6 Å². The standard InChI is InChI=1S/C27H30N4O5S/c1-28-17-19-29(20-18-28)21-27(32)31(37(34,35)25-11-9-24(36-2)10-12-25)26-6-4-3-5-23(26)8-7-22-13-15-30(33)16-14-22/h3-16H,17-21H2,1-2H3/b8-7+. The molecule has 0 radical (unpaired) electrons. The SMILES string of the molecule is COc1ccc(S(=O)(=O)N(C(=O)CN2CCN(C)CC2)c2ccccc2/C=C/c2cc[n+]([O-])cc2)cc1. The fourth-order valence-corrected chi connectivity index (χ4v) is 5.49. The Bertz CT molecular complexity index is 1350. The molecule has 0 aliphatic carbocycles. The summed E-state index contributed by atoms with van der Waals surface area (Å²) in [5, 5.41) is 11.3. The lowest BCUT2D eigenvalue weighted by molar-refractivity contribution is -0.605. The van der Waals surface area contributed by atoms with Crippen LogP contribution < -0.4 is 13.8 Å². The van der Waals surface area contributed by atoms with Crippen molar-refractivity contribution in [3.63, 3.8) is 0 Å². The third-order valence-electron chi connectivity index (χ3n) is 6.22. The summed E-state index contributed by atoms with van der Waals surface area (Å²) in [6.07, 6.45) is 6.26. The Morgan fingerprint density at radius 2 is 1.65 bits per heavy atom. The van der Waals surface area contributed by atoms with Gasteiger partial charge in [-0.05, 0) is 48.5 Å². The maximum absolute atomic E-state index is 13.9. The van der Waals surface area contributed by atoms with Crippen LogP contribution in [0.4, 0.5) is 5.69 Å². The van der Waals surface area contributed by atoms with Crippen molar-refractivity contribution in [1.29, 1.82) is 0 Å². The average molecular weight is 523 g/mol. The molecule has 1 fully saturated rings. The quantitative estimate of drug-likeness (QED) is 0.331. The molecule has 3 aromatic rings. The smallest absolute Gasteiger partial charge is 0.270 e. The molecular weight excluding hydrogens is 492 g/mol. The number of piperazine rings is 1. The van der Waals surface area contributed by atoms with Gasteiger partial charge in [0, 0.05) is 38.3 Å². The van der Waals surface area contributed by atoms with Gasteiger partial charge in [-0.1, -0.05) is 30.4 Å². The van der Waals surface area contributed by atoms with Crippen LogP contribution in [0.25, 0.3) is 12.2 Å². The van der Waals surface area contributed by atoms with Gasteiger partial charge in [-0.15, -0.1) is 0 Å². The van der Waals surface area contributed by atoms with Crippen LogP contribution in [0.2, 0.25) is 0 Å². The molecule has 4 rings (SSSR count). The third kappa shape index (κ3) is 6.34. The van der Waals surface area contributed by atoms with E-state index in [9.17, 15) is 18.4 Å². The van der Waals surface area contributed by atoms with Crippen molar-refractivity contribution >= 4 is 33.8 Å². The summed E-state index contributed by atoms with van der Waals surface area (Å²) in [7, 11) is -0.718. The molecule has 0 unspecified atom stereocenters. The minimum absolute atomic E-state index is 0.0122. The molecule has 0 saturated carbocycles. The van der Waals surface area contributed by atoms with Crippen molar-refractivity contribution in [2.45, 2.75) is 4.90 Å². The predicted molar refractivity (Wildman–Crippen MR) is 142 cm³/mol. The minimum atomic E-state index is -4.24. The van der Waals surface area contributed by atoms with Crippen LogP contribution >= 0.6 is 0 Å². The topological polar surface area (TPSA) is 97.1 Å². The highest BCUT2D eigenvalue weighted by molar-refractivity contribution is 7.93. The summed E-state index contributed by atoms with van der Waals surface area (Å²) in [4.78, 5) is 17.8. The number of benzene rings is 2. The van der Waals surface area contributed by atoms with Crippen LogP contribution in [0, 0.1) is 5.21 Å². The van der Waals surface area contributed by atoms with Gasteiger partial charge < -0.3 is 14.8 Å². The van der Waals surface area contributed by atoms with Gasteiger partial charge in [0.2, 0.25) is 0 Å². The lowest BCUT2D eigenvalue weighted by atomic mass is 10.1. The molecular formula is C27H30N4O5S.